The fraction of sp³-hybridized carbons (Fsp3) is 0.900. The molecule has 1 unspecified atom stereocenters. The Morgan fingerprint density at radius 1 is 1.67 bits per heavy atom. The van der Waals surface area contributed by atoms with E-state index in [2.05, 4.69) is 12.2 Å². The van der Waals surface area contributed by atoms with Gasteiger partial charge in [-0.2, -0.15) is 0 Å². The molecule has 1 aliphatic rings. The minimum atomic E-state index is -0.305. The van der Waals surface area contributed by atoms with Crippen molar-refractivity contribution in [3.63, 3.8) is 0 Å². The van der Waals surface area contributed by atoms with Gasteiger partial charge >= 0.3 is 0 Å². The van der Waals surface area contributed by atoms with Crippen molar-refractivity contribution in [1.29, 1.82) is 0 Å². The molecule has 5 heteroatoms. The zero-order chi connectivity index (χ0) is 10.6. The molecule has 1 fully saturated rings. The number of carbonyl (C=O) groups is 1. The van der Waals surface area contributed by atoms with Gasteiger partial charge in [0.1, 0.15) is 6.10 Å². The molecule has 0 aromatic heterocycles. The van der Waals surface area contributed by atoms with Crippen molar-refractivity contribution in [3.8, 4) is 0 Å². The lowest BCUT2D eigenvalue weighted by atomic mass is 10.2. The second kappa shape index (κ2) is 7.04. The molecular formula is C10H21ClN2O2. The molecule has 15 heavy (non-hydrogen) atoms. The van der Waals surface area contributed by atoms with Gasteiger partial charge in [-0.15, -0.1) is 12.4 Å². The second-order valence-electron chi connectivity index (χ2n) is 3.68. The lowest BCUT2D eigenvalue weighted by Crippen LogP contribution is -2.54. The smallest absolute Gasteiger partial charge is 0.251 e. The van der Waals surface area contributed by atoms with Gasteiger partial charge < -0.3 is 15.0 Å². The summed E-state index contributed by atoms with van der Waals surface area (Å²) >= 11 is 0. The highest BCUT2D eigenvalue weighted by Crippen LogP contribution is 2.06. The van der Waals surface area contributed by atoms with Crippen LogP contribution in [0.3, 0.4) is 0 Å². The number of nitrogens with zero attached hydrogens (tertiary/aromatic N) is 1. The van der Waals surface area contributed by atoms with Gasteiger partial charge in [-0.25, -0.2) is 0 Å². The summed E-state index contributed by atoms with van der Waals surface area (Å²) in [6.45, 7) is 8.93. The van der Waals surface area contributed by atoms with E-state index in [9.17, 15) is 4.79 Å². The fourth-order valence-electron chi connectivity index (χ4n) is 1.72. The monoisotopic (exact) mass is 236 g/mol. The molecule has 0 saturated carbocycles. The molecule has 0 spiro atoms. The molecule has 0 aromatic carbocycles. The largest absolute Gasteiger partial charge is 0.369 e. The van der Waals surface area contributed by atoms with Crippen molar-refractivity contribution < 1.29 is 9.53 Å². The van der Waals surface area contributed by atoms with Crippen molar-refractivity contribution in [3.05, 3.63) is 0 Å². The molecule has 1 N–H and O–H groups in total. The molecule has 2 atom stereocenters. The van der Waals surface area contributed by atoms with Crippen LogP contribution in [0.4, 0.5) is 0 Å². The van der Waals surface area contributed by atoms with Gasteiger partial charge in [-0.1, -0.05) is 0 Å². The van der Waals surface area contributed by atoms with Crippen LogP contribution in [-0.4, -0.2) is 49.2 Å². The third-order valence-corrected chi connectivity index (χ3v) is 2.55. The van der Waals surface area contributed by atoms with Crippen molar-refractivity contribution in [2.45, 2.75) is 32.9 Å². The molecule has 1 amide bonds. The van der Waals surface area contributed by atoms with Crippen LogP contribution in [0, 0.1) is 0 Å². The van der Waals surface area contributed by atoms with E-state index in [0.29, 0.717) is 6.61 Å². The van der Waals surface area contributed by atoms with Gasteiger partial charge in [0.2, 0.25) is 0 Å². The number of piperazine rings is 1. The van der Waals surface area contributed by atoms with E-state index >= 15 is 0 Å². The average molecular weight is 237 g/mol. The summed E-state index contributed by atoms with van der Waals surface area (Å²) in [5, 5.41) is 3.26. The van der Waals surface area contributed by atoms with Gasteiger partial charge in [0.25, 0.3) is 5.91 Å². The Morgan fingerprint density at radius 2 is 2.33 bits per heavy atom. The van der Waals surface area contributed by atoms with Crippen LogP contribution in [-0.2, 0) is 9.53 Å². The molecule has 1 aliphatic heterocycles. The van der Waals surface area contributed by atoms with Crippen LogP contribution in [0.1, 0.15) is 20.8 Å². The Kier molecular flexibility index (Phi) is 6.89. The van der Waals surface area contributed by atoms with Gasteiger partial charge in [0.05, 0.1) is 0 Å². The summed E-state index contributed by atoms with van der Waals surface area (Å²) in [4.78, 5) is 13.8. The summed E-state index contributed by atoms with van der Waals surface area (Å²) in [6.07, 6.45) is -0.305. The van der Waals surface area contributed by atoms with Crippen LogP contribution in [0.25, 0.3) is 0 Å². The molecule has 0 radical (unpaired) electrons. The van der Waals surface area contributed by atoms with E-state index < -0.39 is 0 Å². The molecular weight excluding hydrogens is 216 g/mol. The normalized spacial score (nSPS) is 23.1. The SMILES string of the molecule is CCOC(C)C(=O)N1CCNC[C@@H]1C.Cl. The first-order valence-corrected chi connectivity index (χ1v) is 5.29. The first-order chi connectivity index (χ1) is 6.66. The summed E-state index contributed by atoms with van der Waals surface area (Å²) < 4.78 is 5.29. The van der Waals surface area contributed by atoms with E-state index in [1.165, 1.54) is 0 Å². The maximum atomic E-state index is 11.9. The van der Waals surface area contributed by atoms with E-state index in [0.717, 1.165) is 19.6 Å². The molecule has 1 rings (SSSR count). The van der Waals surface area contributed by atoms with Gasteiger partial charge in [-0.05, 0) is 20.8 Å². The van der Waals surface area contributed by atoms with Crippen LogP contribution in [0.2, 0.25) is 0 Å². The quantitative estimate of drug-likeness (QED) is 0.783. The number of rotatable bonds is 3. The predicted octanol–water partition coefficient (Wildman–Crippen LogP) is 0.654. The number of hydrogen-bond acceptors (Lipinski definition) is 3. The van der Waals surface area contributed by atoms with E-state index in [1.54, 1.807) is 0 Å². The highest BCUT2D eigenvalue weighted by Gasteiger charge is 2.26. The fourth-order valence-corrected chi connectivity index (χ4v) is 1.72. The minimum absolute atomic E-state index is 0. The van der Waals surface area contributed by atoms with Gasteiger partial charge in [0.15, 0.2) is 0 Å². The number of nitrogens with one attached hydrogen (secondary N) is 1. The Labute approximate surface area is 97.8 Å². The maximum absolute atomic E-state index is 11.9. The number of halogens is 1. The predicted molar refractivity (Wildman–Crippen MR) is 62.4 cm³/mol. The van der Waals surface area contributed by atoms with Crippen LogP contribution in [0.15, 0.2) is 0 Å². The summed E-state index contributed by atoms with van der Waals surface area (Å²) in [6, 6.07) is 0.277. The molecule has 1 heterocycles. The van der Waals surface area contributed by atoms with Crippen LogP contribution in [0.5, 0.6) is 0 Å². The van der Waals surface area contributed by atoms with Crippen molar-refractivity contribution in [1.82, 2.24) is 10.2 Å². The van der Waals surface area contributed by atoms with E-state index in [-0.39, 0.29) is 30.5 Å². The van der Waals surface area contributed by atoms with Crippen LogP contribution >= 0.6 is 12.4 Å². The molecule has 0 aliphatic carbocycles. The van der Waals surface area contributed by atoms with Gasteiger partial charge in [-0.3, -0.25) is 4.79 Å². The topological polar surface area (TPSA) is 41.6 Å². The average Bonchev–Trinajstić information content (AvgIpc) is 2.18. The molecule has 90 valence electrons. The number of hydrogen-bond donors (Lipinski definition) is 1. The second-order valence-corrected chi connectivity index (χ2v) is 3.68. The summed E-state index contributed by atoms with van der Waals surface area (Å²) in [5.74, 6) is 0.112. The first-order valence-electron chi connectivity index (χ1n) is 5.29. The van der Waals surface area contributed by atoms with Crippen molar-refractivity contribution in [2.24, 2.45) is 0 Å². The van der Waals surface area contributed by atoms with Crippen molar-refractivity contribution >= 4 is 18.3 Å². The molecule has 1 saturated heterocycles. The Morgan fingerprint density at radius 3 is 2.87 bits per heavy atom. The van der Waals surface area contributed by atoms with E-state index in [1.807, 2.05) is 18.7 Å². The Bertz CT molecular complexity index is 202. The first kappa shape index (κ1) is 14.7. The lowest BCUT2D eigenvalue weighted by molar-refractivity contribution is -0.145. The Hall–Kier alpha value is -0.320. The maximum Gasteiger partial charge on any atom is 0.251 e. The number of carbonyl (C=O) groups excluding carboxylic acids is 1. The number of ether oxygens (including phenoxy) is 1. The van der Waals surface area contributed by atoms with Gasteiger partial charge in [0, 0.05) is 32.3 Å². The molecule has 0 aromatic rings. The summed E-state index contributed by atoms with van der Waals surface area (Å²) in [7, 11) is 0. The van der Waals surface area contributed by atoms with E-state index in [4.69, 9.17) is 4.74 Å². The zero-order valence-electron chi connectivity index (χ0n) is 9.66. The standard InChI is InChI=1S/C10H20N2O2.ClH/c1-4-14-9(3)10(13)12-6-5-11-7-8(12)2;/h8-9,11H,4-7H2,1-3H3;1H/t8-,9?;/m0./s1. The minimum Gasteiger partial charge on any atom is -0.369 e. The summed E-state index contributed by atoms with van der Waals surface area (Å²) in [5.41, 5.74) is 0. The molecule has 4 nitrogen and oxygen atoms in total. The lowest BCUT2D eigenvalue weighted by Gasteiger charge is -2.35. The third kappa shape index (κ3) is 3.97. The highest BCUT2D eigenvalue weighted by molar-refractivity contribution is 5.85. The van der Waals surface area contributed by atoms with Crippen molar-refractivity contribution in [2.75, 3.05) is 26.2 Å². The molecule has 0 bridgehead atoms. The van der Waals surface area contributed by atoms with Crippen LogP contribution < -0.4 is 5.32 Å². The Balaban J connectivity index is 0.00000196. The third-order valence-electron chi connectivity index (χ3n) is 2.55. The number of amides is 1. The zero-order valence-corrected chi connectivity index (χ0v) is 10.5. The highest BCUT2D eigenvalue weighted by atomic mass is 35.5.